The fraction of sp³-hybridized carbons (Fsp3) is 0.562. The van der Waals surface area contributed by atoms with Crippen LogP contribution in [-0.2, 0) is 6.42 Å². The summed E-state index contributed by atoms with van der Waals surface area (Å²) < 4.78 is 5.21. The lowest BCUT2D eigenvalue weighted by Crippen LogP contribution is -2.39. The van der Waals surface area contributed by atoms with Crippen LogP contribution in [0.4, 0.5) is 0 Å². The second kappa shape index (κ2) is 6.20. The van der Waals surface area contributed by atoms with Crippen LogP contribution in [0, 0.1) is 13.8 Å². The van der Waals surface area contributed by atoms with Gasteiger partial charge in [-0.1, -0.05) is 12.1 Å². The summed E-state index contributed by atoms with van der Waals surface area (Å²) >= 11 is 1.74. The Bertz CT molecular complexity index is 677. The molecule has 2 aromatic heterocycles. The van der Waals surface area contributed by atoms with Crippen LogP contribution in [-0.4, -0.2) is 34.0 Å². The van der Waals surface area contributed by atoms with Crippen LogP contribution < -0.4 is 0 Å². The average Bonchev–Trinajstić information content (AvgIpc) is 3.12. The Hall–Kier alpha value is -1.69. The highest BCUT2D eigenvalue weighted by Gasteiger charge is 2.30. The highest BCUT2D eigenvalue weighted by Crippen LogP contribution is 2.31. The molecule has 2 aromatic rings. The number of hydrogen-bond acceptors (Lipinski definition) is 5. The number of piperidine rings is 1. The van der Waals surface area contributed by atoms with E-state index in [1.165, 1.54) is 4.88 Å². The number of rotatable bonds is 3. The molecule has 5 nitrogen and oxygen atoms in total. The van der Waals surface area contributed by atoms with Gasteiger partial charge in [0, 0.05) is 30.1 Å². The minimum atomic E-state index is 0.0496. The molecule has 0 aliphatic carbocycles. The monoisotopic (exact) mass is 319 g/mol. The van der Waals surface area contributed by atoms with Gasteiger partial charge in [-0.15, -0.1) is 11.3 Å². The van der Waals surface area contributed by atoms with Crippen LogP contribution in [0.25, 0.3) is 0 Å². The second-order valence-electron chi connectivity index (χ2n) is 5.81. The summed E-state index contributed by atoms with van der Waals surface area (Å²) in [5, 5.41) is 5.14. The molecule has 1 saturated heterocycles. The van der Waals surface area contributed by atoms with Crippen LogP contribution in [0.3, 0.4) is 0 Å². The summed E-state index contributed by atoms with van der Waals surface area (Å²) in [4.78, 5) is 20.5. The lowest BCUT2D eigenvalue weighted by molar-refractivity contribution is 0.0704. The summed E-state index contributed by atoms with van der Waals surface area (Å²) in [5.74, 6) is 1.02. The van der Waals surface area contributed by atoms with Crippen LogP contribution in [0.5, 0.6) is 0 Å². The van der Waals surface area contributed by atoms with Crippen molar-refractivity contribution < 1.29 is 9.32 Å². The van der Waals surface area contributed by atoms with Crippen molar-refractivity contribution in [3.8, 4) is 0 Å². The molecular weight excluding hydrogens is 298 g/mol. The van der Waals surface area contributed by atoms with E-state index < -0.39 is 0 Å². The standard InChI is InChI=1S/C16H21N3O2S/c1-4-13-14(11(3)21-18-13)16(20)19-7-5-6-12(9-19)15-17-8-10(2)22-15/h8,12H,4-7,9H2,1-3H3/t12-/m1/s1. The summed E-state index contributed by atoms with van der Waals surface area (Å²) in [6.07, 6.45) is 4.74. The van der Waals surface area contributed by atoms with Gasteiger partial charge in [-0.2, -0.15) is 0 Å². The molecule has 0 aromatic carbocycles. The summed E-state index contributed by atoms with van der Waals surface area (Å²) in [7, 11) is 0. The number of thiazole rings is 1. The van der Waals surface area contributed by atoms with Gasteiger partial charge in [-0.25, -0.2) is 4.98 Å². The molecule has 3 rings (SSSR count). The Morgan fingerprint density at radius 1 is 1.50 bits per heavy atom. The SMILES string of the molecule is CCc1noc(C)c1C(=O)N1CCC[C@@H](c2ncc(C)s2)C1. The van der Waals surface area contributed by atoms with E-state index >= 15 is 0 Å². The van der Waals surface area contributed by atoms with E-state index in [9.17, 15) is 4.79 Å². The molecule has 0 saturated carbocycles. The van der Waals surface area contributed by atoms with Crippen LogP contribution >= 0.6 is 11.3 Å². The van der Waals surface area contributed by atoms with E-state index in [0.29, 0.717) is 23.7 Å². The lowest BCUT2D eigenvalue weighted by atomic mass is 9.97. The first kappa shape index (κ1) is 15.2. The van der Waals surface area contributed by atoms with Crippen LogP contribution in [0.15, 0.2) is 10.7 Å². The molecule has 1 aliphatic heterocycles. The fourth-order valence-electron chi connectivity index (χ4n) is 3.02. The number of carbonyl (C=O) groups excluding carboxylic acids is 1. The number of aromatic nitrogens is 2. The highest BCUT2D eigenvalue weighted by molar-refractivity contribution is 7.11. The maximum Gasteiger partial charge on any atom is 0.259 e. The Morgan fingerprint density at radius 2 is 2.32 bits per heavy atom. The van der Waals surface area contributed by atoms with E-state index in [4.69, 9.17) is 4.52 Å². The van der Waals surface area contributed by atoms with Crippen molar-refractivity contribution in [3.63, 3.8) is 0 Å². The number of amides is 1. The summed E-state index contributed by atoms with van der Waals surface area (Å²) in [5.41, 5.74) is 1.41. The van der Waals surface area contributed by atoms with Gasteiger partial charge in [0.15, 0.2) is 0 Å². The Labute approximate surface area is 134 Å². The van der Waals surface area contributed by atoms with E-state index in [2.05, 4.69) is 17.1 Å². The predicted molar refractivity (Wildman–Crippen MR) is 85.3 cm³/mol. The van der Waals surface area contributed by atoms with Gasteiger partial charge in [0.2, 0.25) is 0 Å². The van der Waals surface area contributed by atoms with Crippen molar-refractivity contribution in [2.45, 2.75) is 46.0 Å². The summed E-state index contributed by atoms with van der Waals surface area (Å²) in [6.45, 7) is 7.41. The minimum Gasteiger partial charge on any atom is -0.361 e. The third-order valence-electron chi connectivity index (χ3n) is 4.18. The topological polar surface area (TPSA) is 59.2 Å². The molecule has 6 heteroatoms. The smallest absolute Gasteiger partial charge is 0.259 e. The minimum absolute atomic E-state index is 0.0496. The van der Waals surface area contributed by atoms with Gasteiger partial charge in [0.1, 0.15) is 11.3 Å². The first-order valence-corrected chi connectivity index (χ1v) is 8.58. The van der Waals surface area contributed by atoms with Crippen molar-refractivity contribution in [2.75, 3.05) is 13.1 Å². The zero-order valence-electron chi connectivity index (χ0n) is 13.3. The molecule has 0 spiro atoms. The predicted octanol–water partition coefficient (Wildman–Crippen LogP) is 3.33. The van der Waals surface area contributed by atoms with Gasteiger partial charge in [0.05, 0.1) is 10.7 Å². The number of nitrogens with zero attached hydrogens (tertiary/aromatic N) is 3. The Morgan fingerprint density at radius 3 is 3.00 bits per heavy atom. The van der Waals surface area contributed by atoms with Crippen LogP contribution in [0.2, 0.25) is 0 Å². The van der Waals surface area contributed by atoms with E-state index in [1.54, 1.807) is 11.3 Å². The fourth-order valence-corrected chi connectivity index (χ4v) is 3.92. The van der Waals surface area contributed by atoms with Gasteiger partial charge in [-0.05, 0) is 33.1 Å². The molecule has 22 heavy (non-hydrogen) atoms. The number of aryl methyl sites for hydroxylation is 3. The molecule has 1 fully saturated rings. The van der Waals surface area contributed by atoms with Crippen LogP contribution in [0.1, 0.15) is 57.4 Å². The zero-order valence-corrected chi connectivity index (χ0v) is 14.1. The third-order valence-corrected chi connectivity index (χ3v) is 5.25. The average molecular weight is 319 g/mol. The normalized spacial score (nSPS) is 18.7. The number of hydrogen-bond donors (Lipinski definition) is 0. The van der Waals surface area contributed by atoms with E-state index in [1.807, 2.05) is 24.9 Å². The zero-order chi connectivity index (χ0) is 15.7. The first-order chi connectivity index (χ1) is 10.6. The van der Waals surface area contributed by atoms with E-state index in [0.717, 1.165) is 36.6 Å². The first-order valence-electron chi connectivity index (χ1n) is 7.77. The quantitative estimate of drug-likeness (QED) is 0.870. The van der Waals surface area contributed by atoms with Gasteiger partial charge < -0.3 is 9.42 Å². The molecule has 1 amide bonds. The van der Waals surface area contributed by atoms with Crippen molar-refractivity contribution >= 4 is 17.2 Å². The Kier molecular flexibility index (Phi) is 4.29. The molecule has 3 heterocycles. The molecule has 0 bridgehead atoms. The van der Waals surface area contributed by atoms with Gasteiger partial charge in [-0.3, -0.25) is 4.79 Å². The largest absolute Gasteiger partial charge is 0.361 e. The molecule has 0 radical (unpaired) electrons. The third kappa shape index (κ3) is 2.79. The second-order valence-corrected chi connectivity index (χ2v) is 7.08. The maximum atomic E-state index is 12.9. The molecule has 0 N–H and O–H groups in total. The van der Waals surface area contributed by atoms with Gasteiger partial charge >= 0.3 is 0 Å². The molecule has 1 atom stereocenters. The molecule has 118 valence electrons. The Balaban J connectivity index is 1.79. The van der Waals surface area contributed by atoms with Gasteiger partial charge in [0.25, 0.3) is 5.91 Å². The lowest BCUT2D eigenvalue weighted by Gasteiger charge is -2.31. The summed E-state index contributed by atoms with van der Waals surface area (Å²) in [6, 6.07) is 0. The van der Waals surface area contributed by atoms with Crippen molar-refractivity contribution in [1.29, 1.82) is 0 Å². The molecule has 1 aliphatic rings. The van der Waals surface area contributed by atoms with Crippen molar-refractivity contribution in [1.82, 2.24) is 15.0 Å². The van der Waals surface area contributed by atoms with Crippen molar-refractivity contribution in [3.05, 3.63) is 33.1 Å². The molecule has 0 unspecified atom stereocenters. The number of carbonyl (C=O) groups is 1. The molecular formula is C16H21N3O2S. The van der Waals surface area contributed by atoms with Crippen molar-refractivity contribution in [2.24, 2.45) is 0 Å². The van der Waals surface area contributed by atoms with E-state index in [-0.39, 0.29) is 5.91 Å². The number of likely N-dealkylation sites (tertiary alicyclic amines) is 1. The maximum absolute atomic E-state index is 12.9. The highest BCUT2D eigenvalue weighted by atomic mass is 32.1.